The summed E-state index contributed by atoms with van der Waals surface area (Å²) < 4.78 is 0. The third-order valence-corrected chi connectivity index (χ3v) is 5.70. The third-order valence-electron chi connectivity index (χ3n) is 5.70. The maximum absolute atomic E-state index is 11.4. The molecule has 5 nitrogen and oxygen atoms in total. The first-order valence-electron chi connectivity index (χ1n) is 11.3. The number of benzene rings is 3. The number of likely N-dealkylation sites (N-methyl/N-ethyl adjacent to an activating group) is 1. The molecule has 0 fully saturated rings. The van der Waals surface area contributed by atoms with Gasteiger partial charge in [0.1, 0.15) is 0 Å². The Kier molecular flexibility index (Phi) is 8.70. The molecule has 3 aromatic carbocycles. The molecule has 5 heteroatoms. The van der Waals surface area contributed by atoms with Crippen molar-refractivity contribution in [2.75, 3.05) is 36.8 Å². The van der Waals surface area contributed by atoms with E-state index in [1.165, 1.54) is 11.1 Å². The van der Waals surface area contributed by atoms with Gasteiger partial charge in [0.05, 0.1) is 11.3 Å². The molecule has 0 amide bonds. The molecule has 168 valence electrons. The predicted octanol–water partition coefficient (Wildman–Crippen LogP) is 5.67. The lowest BCUT2D eigenvalue weighted by Crippen LogP contribution is -2.28. The Balaban J connectivity index is 1.48. The van der Waals surface area contributed by atoms with Gasteiger partial charge in [0.15, 0.2) is 0 Å². The van der Waals surface area contributed by atoms with Gasteiger partial charge in [-0.25, -0.2) is 4.79 Å². The van der Waals surface area contributed by atoms with E-state index >= 15 is 0 Å². The van der Waals surface area contributed by atoms with Crippen molar-refractivity contribution in [1.82, 2.24) is 4.90 Å². The fourth-order valence-corrected chi connectivity index (χ4v) is 3.66. The minimum absolute atomic E-state index is 0.266. The molecule has 0 aromatic heterocycles. The van der Waals surface area contributed by atoms with E-state index in [9.17, 15) is 9.90 Å². The molecule has 0 unspecified atom stereocenters. The summed E-state index contributed by atoms with van der Waals surface area (Å²) in [6, 6.07) is 23.8. The van der Waals surface area contributed by atoms with Gasteiger partial charge < -0.3 is 20.6 Å². The largest absolute Gasteiger partial charge is 0.478 e. The lowest BCUT2D eigenvalue weighted by molar-refractivity contribution is 0.0698. The van der Waals surface area contributed by atoms with Crippen LogP contribution in [0.15, 0.2) is 72.8 Å². The van der Waals surface area contributed by atoms with E-state index in [2.05, 4.69) is 65.8 Å². The van der Waals surface area contributed by atoms with Crippen LogP contribution in [-0.4, -0.2) is 42.2 Å². The Morgan fingerprint density at radius 1 is 0.812 bits per heavy atom. The molecule has 0 aliphatic carbocycles. The number of aromatic carboxylic acids is 1. The smallest absolute Gasteiger partial charge is 0.337 e. The first-order chi connectivity index (χ1) is 15.6. The minimum Gasteiger partial charge on any atom is -0.478 e. The number of nitrogens with one attached hydrogen (secondary N) is 2. The number of aryl methyl sites for hydroxylation is 2. The zero-order valence-electron chi connectivity index (χ0n) is 19.0. The monoisotopic (exact) mass is 431 g/mol. The van der Waals surface area contributed by atoms with Gasteiger partial charge in [-0.15, -0.1) is 0 Å². The maximum atomic E-state index is 11.4. The molecule has 3 rings (SSSR count). The van der Waals surface area contributed by atoms with Crippen molar-refractivity contribution < 1.29 is 9.90 Å². The van der Waals surface area contributed by atoms with Crippen LogP contribution in [0.4, 0.5) is 17.1 Å². The maximum Gasteiger partial charge on any atom is 0.337 e. The van der Waals surface area contributed by atoms with Gasteiger partial charge in [-0.05, 0) is 73.5 Å². The molecule has 0 heterocycles. The molecule has 3 N–H and O–H groups in total. The number of nitrogens with zero attached hydrogens (tertiary/aromatic N) is 1. The standard InChI is InChI=1S/C27H33N3O2/c1-3-30(4-2)20-19-28-23-15-11-21(12-16-23)9-10-22-13-17-24(18-14-22)29-26-8-6-5-7-25(26)27(31)32/h5-8,11-18,28-29H,3-4,9-10,19-20H2,1-2H3,(H,31,32). The van der Waals surface area contributed by atoms with E-state index in [-0.39, 0.29) is 5.56 Å². The summed E-state index contributed by atoms with van der Waals surface area (Å²) >= 11 is 0. The molecule has 0 spiro atoms. The van der Waals surface area contributed by atoms with Crippen molar-refractivity contribution >= 4 is 23.0 Å². The molecular formula is C27H33N3O2. The van der Waals surface area contributed by atoms with E-state index in [4.69, 9.17) is 0 Å². The first kappa shape index (κ1) is 23.4. The second-order valence-electron chi connectivity index (χ2n) is 7.82. The normalized spacial score (nSPS) is 10.8. The van der Waals surface area contributed by atoms with Gasteiger partial charge in [0, 0.05) is 24.5 Å². The van der Waals surface area contributed by atoms with Crippen LogP contribution in [0, 0.1) is 0 Å². The Morgan fingerprint density at radius 2 is 1.38 bits per heavy atom. The van der Waals surface area contributed by atoms with Gasteiger partial charge in [-0.2, -0.15) is 0 Å². The van der Waals surface area contributed by atoms with Gasteiger partial charge in [0.25, 0.3) is 0 Å². The Hall–Kier alpha value is -3.31. The van der Waals surface area contributed by atoms with Crippen LogP contribution in [0.3, 0.4) is 0 Å². The van der Waals surface area contributed by atoms with Gasteiger partial charge in [-0.3, -0.25) is 0 Å². The summed E-state index contributed by atoms with van der Waals surface area (Å²) in [5.41, 5.74) is 5.47. The van der Waals surface area contributed by atoms with Crippen molar-refractivity contribution in [2.45, 2.75) is 26.7 Å². The summed E-state index contributed by atoms with van der Waals surface area (Å²) in [4.78, 5) is 13.8. The van der Waals surface area contributed by atoms with Crippen LogP contribution in [0.2, 0.25) is 0 Å². The summed E-state index contributed by atoms with van der Waals surface area (Å²) in [6.07, 6.45) is 1.94. The predicted molar refractivity (Wildman–Crippen MR) is 133 cm³/mol. The Bertz CT molecular complexity index is 981. The van der Waals surface area contributed by atoms with Crippen LogP contribution in [-0.2, 0) is 12.8 Å². The number of anilines is 3. The summed E-state index contributed by atoms with van der Waals surface area (Å²) in [5.74, 6) is -0.935. The summed E-state index contributed by atoms with van der Waals surface area (Å²) in [6.45, 7) is 8.58. The number of carboxylic acids is 1. The third kappa shape index (κ3) is 6.86. The van der Waals surface area contributed by atoms with E-state index in [0.717, 1.165) is 50.4 Å². The van der Waals surface area contributed by atoms with Crippen molar-refractivity contribution in [3.05, 3.63) is 89.5 Å². The van der Waals surface area contributed by atoms with Crippen molar-refractivity contribution in [1.29, 1.82) is 0 Å². The van der Waals surface area contributed by atoms with E-state index in [1.54, 1.807) is 18.2 Å². The molecule has 0 atom stereocenters. The highest BCUT2D eigenvalue weighted by atomic mass is 16.4. The Morgan fingerprint density at radius 3 is 1.94 bits per heavy atom. The molecule has 0 saturated heterocycles. The molecule has 0 radical (unpaired) electrons. The Labute approximate surface area is 191 Å². The molecule has 0 aliphatic heterocycles. The van der Waals surface area contributed by atoms with Crippen LogP contribution >= 0.6 is 0 Å². The molecule has 32 heavy (non-hydrogen) atoms. The second-order valence-corrected chi connectivity index (χ2v) is 7.82. The number of hydrogen-bond acceptors (Lipinski definition) is 4. The lowest BCUT2D eigenvalue weighted by atomic mass is 10.0. The van der Waals surface area contributed by atoms with Crippen LogP contribution in [0.1, 0.15) is 35.3 Å². The first-order valence-corrected chi connectivity index (χ1v) is 11.3. The van der Waals surface area contributed by atoms with Crippen LogP contribution in [0.5, 0.6) is 0 Å². The average molecular weight is 432 g/mol. The number of carbonyl (C=O) groups is 1. The summed E-state index contributed by atoms with van der Waals surface area (Å²) in [5, 5.41) is 16.0. The van der Waals surface area contributed by atoms with Crippen molar-refractivity contribution in [3.8, 4) is 0 Å². The van der Waals surface area contributed by atoms with E-state index in [1.807, 2.05) is 18.2 Å². The molecule has 0 saturated carbocycles. The fourth-order valence-electron chi connectivity index (χ4n) is 3.66. The van der Waals surface area contributed by atoms with E-state index < -0.39 is 5.97 Å². The zero-order chi connectivity index (χ0) is 22.8. The van der Waals surface area contributed by atoms with Gasteiger partial charge >= 0.3 is 5.97 Å². The second kappa shape index (κ2) is 11.9. The fraction of sp³-hybridized carbons (Fsp3) is 0.296. The topological polar surface area (TPSA) is 64.6 Å². The quantitative estimate of drug-likeness (QED) is 0.345. The van der Waals surface area contributed by atoms with Gasteiger partial charge in [-0.1, -0.05) is 50.2 Å². The number of carboxylic acid groups (broad SMARTS) is 1. The minimum atomic E-state index is -0.935. The number of para-hydroxylation sites is 1. The van der Waals surface area contributed by atoms with Crippen LogP contribution < -0.4 is 10.6 Å². The van der Waals surface area contributed by atoms with Crippen LogP contribution in [0.25, 0.3) is 0 Å². The zero-order valence-corrected chi connectivity index (χ0v) is 19.0. The lowest BCUT2D eigenvalue weighted by Gasteiger charge is -2.18. The highest BCUT2D eigenvalue weighted by Crippen LogP contribution is 2.22. The molecular weight excluding hydrogens is 398 g/mol. The molecule has 0 bridgehead atoms. The highest BCUT2D eigenvalue weighted by Gasteiger charge is 2.09. The van der Waals surface area contributed by atoms with Crippen molar-refractivity contribution in [3.63, 3.8) is 0 Å². The van der Waals surface area contributed by atoms with E-state index in [0.29, 0.717) is 5.69 Å². The molecule has 3 aromatic rings. The number of rotatable bonds is 12. The number of hydrogen-bond donors (Lipinski definition) is 3. The average Bonchev–Trinajstić information content (AvgIpc) is 2.82. The molecule has 0 aliphatic rings. The highest BCUT2D eigenvalue weighted by molar-refractivity contribution is 5.95. The van der Waals surface area contributed by atoms with Crippen molar-refractivity contribution in [2.24, 2.45) is 0 Å². The summed E-state index contributed by atoms with van der Waals surface area (Å²) in [7, 11) is 0. The SMILES string of the molecule is CCN(CC)CCNc1ccc(CCc2ccc(Nc3ccccc3C(=O)O)cc2)cc1. The van der Waals surface area contributed by atoms with Gasteiger partial charge in [0.2, 0.25) is 0 Å².